The molecule has 0 aliphatic rings. The second-order valence-corrected chi connectivity index (χ2v) is 5.54. The summed E-state index contributed by atoms with van der Waals surface area (Å²) in [6.45, 7) is 3.84. The Morgan fingerprint density at radius 2 is 2.00 bits per heavy atom. The lowest BCUT2D eigenvalue weighted by atomic mass is 9.81. The molecule has 0 saturated carbocycles. The van der Waals surface area contributed by atoms with Crippen molar-refractivity contribution in [2.24, 2.45) is 0 Å². The number of halogens is 1. The Labute approximate surface area is 116 Å². The SMILES string of the molecule is CC(C)(CC(=O)O)c1ccc(-n2cc(Cl)cn2)cc1. The van der Waals surface area contributed by atoms with Crippen LogP contribution in [0.5, 0.6) is 0 Å². The number of aromatic nitrogens is 2. The van der Waals surface area contributed by atoms with Crippen LogP contribution in [0.3, 0.4) is 0 Å². The standard InChI is InChI=1S/C14H15ClN2O2/c1-14(2,7-13(18)19)10-3-5-12(6-4-10)17-9-11(15)8-16-17/h3-6,8-9H,7H2,1-2H3,(H,18,19). The number of benzene rings is 1. The van der Waals surface area contributed by atoms with Crippen molar-refractivity contribution in [3.05, 3.63) is 47.2 Å². The minimum Gasteiger partial charge on any atom is -0.481 e. The van der Waals surface area contributed by atoms with Gasteiger partial charge in [0.2, 0.25) is 0 Å². The zero-order chi connectivity index (χ0) is 14.0. The fourth-order valence-corrected chi connectivity index (χ4v) is 2.12. The summed E-state index contributed by atoms with van der Waals surface area (Å²) in [5, 5.41) is 13.6. The Morgan fingerprint density at radius 1 is 1.37 bits per heavy atom. The molecule has 19 heavy (non-hydrogen) atoms. The van der Waals surface area contributed by atoms with E-state index in [4.69, 9.17) is 16.7 Å². The van der Waals surface area contributed by atoms with E-state index in [2.05, 4.69) is 5.10 Å². The molecule has 0 saturated heterocycles. The fraction of sp³-hybridized carbons (Fsp3) is 0.286. The summed E-state index contributed by atoms with van der Waals surface area (Å²) in [4.78, 5) is 10.9. The molecular formula is C14H15ClN2O2. The molecule has 1 aromatic carbocycles. The van der Waals surface area contributed by atoms with Crippen molar-refractivity contribution >= 4 is 17.6 Å². The minimum atomic E-state index is -0.798. The van der Waals surface area contributed by atoms with Gasteiger partial charge >= 0.3 is 5.97 Å². The summed E-state index contributed by atoms with van der Waals surface area (Å²) in [6.07, 6.45) is 3.39. The molecule has 0 spiro atoms. The van der Waals surface area contributed by atoms with E-state index in [9.17, 15) is 4.79 Å². The predicted molar refractivity (Wildman–Crippen MR) is 73.9 cm³/mol. The van der Waals surface area contributed by atoms with Crippen molar-refractivity contribution in [2.75, 3.05) is 0 Å². The van der Waals surface area contributed by atoms with Crippen LogP contribution in [0.2, 0.25) is 5.02 Å². The largest absolute Gasteiger partial charge is 0.481 e. The van der Waals surface area contributed by atoms with Crippen molar-refractivity contribution in [2.45, 2.75) is 25.7 Å². The first kappa shape index (κ1) is 13.6. The molecule has 0 aliphatic heterocycles. The summed E-state index contributed by atoms with van der Waals surface area (Å²) in [7, 11) is 0. The highest BCUT2D eigenvalue weighted by molar-refractivity contribution is 6.30. The van der Waals surface area contributed by atoms with Crippen molar-refractivity contribution in [3.63, 3.8) is 0 Å². The Kier molecular flexibility index (Phi) is 3.62. The highest BCUT2D eigenvalue weighted by Crippen LogP contribution is 2.27. The fourth-order valence-electron chi connectivity index (χ4n) is 1.99. The van der Waals surface area contributed by atoms with Crippen LogP contribution in [0.25, 0.3) is 5.69 Å². The first-order valence-electron chi connectivity index (χ1n) is 5.91. The van der Waals surface area contributed by atoms with E-state index < -0.39 is 11.4 Å². The summed E-state index contributed by atoms with van der Waals surface area (Å²) in [6, 6.07) is 7.66. The number of carboxylic acids is 1. The van der Waals surface area contributed by atoms with Gasteiger partial charge in [0.25, 0.3) is 0 Å². The smallest absolute Gasteiger partial charge is 0.304 e. The van der Waals surface area contributed by atoms with E-state index in [0.29, 0.717) is 5.02 Å². The molecule has 2 aromatic rings. The van der Waals surface area contributed by atoms with Crippen LogP contribution >= 0.6 is 11.6 Å². The Hall–Kier alpha value is -1.81. The molecule has 1 heterocycles. The van der Waals surface area contributed by atoms with E-state index >= 15 is 0 Å². The number of rotatable bonds is 4. The quantitative estimate of drug-likeness (QED) is 0.934. The van der Waals surface area contributed by atoms with Gasteiger partial charge in [-0.1, -0.05) is 37.6 Å². The average molecular weight is 279 g/mol. The van der Waals surface area contributed by atoms with E-state index in [1.807, 2.05) is 38.1 Å². The zero-order valence-corrected chi connectivity index (χ0v) is 11.6. The lowest BCUT2D eigenvalue weighted by molar-refractivity contribution is -0.138. The average Bonchev–Trinajstić information content (AvgIpc) is 2.74. The van der Waals surface area contributed by atoms with Gasteiger partial charge in [-0.2, -0.15) is 5.10 Å². The minimum absolute atomic E-state index is 0.0972. The number of carboxylic acid groups (broad SMARTS) is 1. The van der Waals surface area contributed by atoms with Gasteiger partial charge in [0.1, 0.15) is 0 Å². The predicted octanol–water partition coefficient (Wildman–Crippen LogP) is 3.28. The molecule has 0 unspecified atom stereocenters. The lowest BCUT2D eigenvalue weighted by Gasteiger charge is -2.23. The summed E-state index contributed by atoms with van der Waals surface area (Å²) >= 11 is 5.82. The van der Waals surface area contributed by atoms with Crippen LogP contribution in [0.15, 0.2) is 36.7 Å². The molecule has 5 heteroatoms. The van der Waals surface area contributed by atoms with Gasteiger partial charge in [0, 0.05) is 11.6 Å². The van der Waals surface area contributed by atoms with Crippen LogP contribution in [-0.2, 0) is 10.2 Å². The van der Waals surface area contributed by atoms with Gasteiger partial charge in [-0.3, -0.25) is 4.79 Å². The Bertz CT molecular complexity index is 588. The highest BCUT2D eigenvalue weighted by Gasteiger charge is 2.23. The topological polar surface area (TPSA) is 55.1 Å². The normalized spacial score (nSPS) is 11.5. The zero-order valence-electron chi connectivity index (χ0n) is 10.8. The third-order valence-corrected chi connectivity index (χ3v) is 3.25. The monoisotopic (exact) mass is 278 g/mol. The second-order valence-electron chi connectivity index (χ2n) is 5.10. The van der Waals surface area contributed by atoms with Crippen LogP contribution in [0, 0.1) is 0 Å². The van der Waals surface area contributed by atoms with Crippen molar-refractivity contribution in [1.82, 2.24) is 9.78 Å². The van der Waals surface area contributed by atoms with Gasteiger partial charge in [-0.25, -0.2) is 4.68 Å². The van der Waals surface area contributed by atoms with E-state index in [1.165, 1.54) is 0 Å². The lowest BCUT2D eigenvalue weighted by Crippen LogP contribution is -2.21. The maximum absolute atomic E-state index is 10.9. The number of carbonyl (C=O) groups is 1. The summed E-state index contributed by atoms with van der Waals surface area (Å²) in [5.74, 6) is -0.798. The molecular weight excluding hydrogens is 264 g/mol. The highest BCUT2D eigenvalue weighted by atomic mass is 35.5. The number of hydrogen-bond acceptors (Lipinski definition) is 2. The maximum atomic E-state index is 10.9. The van der Waals surface area contributed by atoms with Crippen LogP contribution in [0.1, 0.15) is 25.8 Å². The summed E-state index contributed by atoms with van der Waals surface area (Å²) < 4.78 is 1.68. The number of nitrogens with zero attached hydrogens (tertiary/aromatic N) is 2. The third-order valence-electron chi connectivity index (χ3n) is 3.06. The third kappa shape index (κ3) is 3.15. The molecule has 0 amide bonds. The molecule has 1 N–H and O–H groups in total. The second kappa shape index (κ2) is 5.05. The molecule has 0 fully saturated rings. The maximum Gasteiger partial charge on any atom is 0.304 e. The molecule has 2 rings (SSSR count). The Morgan fingerprint density at radius 3 is 2.47 bits per heavy atom. The van der Waals surface area contributed by atoms with Gasteiger partial charge in [-0.15, -0.1) is 0 Å². The van der Waals surface area contributed by atoms with Crippen LogP contribution < -0.4 is 0 Å². The molecule has 0 radical (unpaired) electrons. The van der Waals surface area contributed by atoms with E-state index in [-0.39, 0.29) is 6.42 Å². The van der Waals surface area contributed by atoms with E-state index in [0.717, 1.165) is 11.3 Å². The molecule has 0 bridgehead atoms. The first-order valence-corrected chi connectivity index (χ1v) is 6.29. The molecule has 100 valence electrons. The van der Waals surface area contributed by atoms with Crippen LogP contribution in [-0.4, -0.2) is 20.9 Å². The molecule has 0 atom stereocenters. The van der Waals surface area contributed by atoms with Crippen molar-refractivity contribution in [1.29, 1.82) is 0 Å². The van der Waals surface area contributed by atoms with Crippen LogP contribution in [0.4, 0.5) is 0 Å². The van der Waals surface area contributed by atoms with Gasteiger partial charge in [-0.05, 0) is 17.7 Å². The van der Waals surface area contributed by atoms with Gasteiger partial charge < -0.3 is 5.11 Å². The van der Waals surface area contributed by atoms with Crippen molar-refractivity contribution < 1.29 is 9.90 Å². The van der Waals surface area contributed by atoms with Crippen molar-refractivity contribution in [3.8, 4) is 5.69 Å². The van der Waals surface area contributed by atoms with E-state index in [1.54, 1.807) is 17.1 Å². The number of aliphatic carboxylic acids is 1. The first-order chi connectivity index (χ1) is 8.88. The Balaban J connectivity index is 2.25. The summed E-state index contributed by atoms with van der Waals surface area (Å²) in [5.41, 5.74) is 1.48. The van der Waals surface area contributed by atoms with Gasteiger partial charge in [0.05, 0.1) is 23.3 Å². The van der Waals surface area contributed by atoms with Gasteiger partial charge in [0.15, 0.2) is 0 Å². The molecule has 0 aliphatic carbocycles. The molecule has 1 aromatic heterocycles. The number of hydrogen-bond donors (Lipinski definition) is 1. The molecule has 4 nitrogen and oxygen atoms in total.